The molecule has 1 unspecified atom stereocenters. The molecule has 1 fully saturated rings. The molecule has 7 heteroatoms. The molecule has 1 aliphatic rings. The lowest BCUT2D eigenvalue weighted by molar-refractivity contribution is 0.0940. The molecule has 0 spiro atoms. The lowest BCUT2D eigenvalue weighted by atomic mass is 10.1. The minimum Gasteiger partial charge on any atom is -0.354 e. The third-order valence-electron chi connectivity index (χ3n) is 6.38. The Morgan fingerprint density at radius 1 is 1.00 bits per heavy atom. The highest BCUT2D eigenvalue weighted by atomic mass is 32.2. The van der Waals surface area contributed by atoms with Crippen LogP contribution in [0.15, 0.2) is 59.8 Å². The van der Waals surface area contributed by atoms with E-state index in [0.717, 1.165) is 65.3 Å². The minimum absolute atomic E-state index is 0.0413. The molecule has 1 aromatic heterocycles. The van der Waals surface area contributed by atoms with Gasteiger partial charge in [0.25, 0.3) is 5.91 Å². The predicted molar refractivity (Wildman–Crippen MR) is 140 cm³/mol. The number of benzene rings is 2. The number of likely N-dealkylation sites (N-methyl/N-ethyl adjacent to an activating group) is 1. The van der Waals surface area contributed by atoms with E-state index in [9.17, 15) is 4.79 Å². The van der Waals surface area contributed by atoms with Crippen molar-refractivity contribution in [3.05, 3.63) is 82.5 Å². The summed E-state index contributed by atoms with van der Waals surface area (Å²) in [5.41, 5.74) is 5.09. The van der Waals surface area contributed by atoms with Crippen LogP contribution in [0, 0.1) is 13.8 Å². The van der Waals surface area contributed by atoms with Crippen LogP contribution in [0.25, 0.3) is 0 Å². The SMILES string of the molecule is Cc1nc(SCc2ccc(C(=O)NC(C)c3ccccc3)cc2)nc(N2CCN(C)CC2)c1C. The maximum Gasteiger partial charge on any atom is 0.251 e. The van der Waals surface area contributed by atoms with Crippen LogP contribution in [-0.2, 0) is 5.75 Å². The molecule has 6 nitrogen and oxygen atoms in total. The number of nitrogens with zero attached hydrogens (tertiary/aromatic N) is 4. The summed E-state index contributed by atoms with van der Waals surface area (Å²) in [6, 6.07) is 17.8. The molecule has 1 atom stereocenters. The summed E-state index contributed by atoms with van der Waals surface area (Å²) in [7, 11) is 2.16. The fourth-order valence-electron chi connectivity index (χ4n) is 3.98. The smallest absolute Gasteiger partial charge is 0.251 e. The van der Waals surface area contributed by atoms with Gasteiger partial charge in [-0.15, -0.1) is 0 Å². The van der Waals surface area contributed by atoms with E-state index in [1.807, 2.05) is 61.5 Å². The second-order valence-electron chi connectivity index (χ2n) is 8.92. The Bertz CT molecular complexity index is 1110. The molecule has 1 N–H and O–H groups in total. The summed E-state index contributed by atoms with van der Waals surface area (Å²) in [6.45, 7) is 10.3. The van der Waals surface area contributed by atoms with E-state index in [-0.39, 0.29) is 11.9 Å². The molecule has 1 amide bonds. The van der Waals surface area contributed by atoms with Crippen molar-refractivity contribution in [1.29, 1.82) is 0 Å². The van der Waals surface area contributed by atoms with Gasteiger partial charge in [0.05, 0.1) is 6.04 Å². The highest BCUT2D eigenvalue weighted by Gasteiger charge is 2.19. The van der Waals surface area contributed by atoms with Crippen molar-refractivity contribution in [3.8, 4) is 0 Å². The summed E-state index contributed by atoms with van der Waals surface area (Å²) in [5, 5.41) is 3.87. The molecular weight excluding hydrogens is 442 g/mol. The maximum atomic E-state index is 12.7. The van der Waals surface area contributed by atoms with Crippen molar-refractivity contribution in [2.24, 2.45) is 0 Å². The molecule has 0 bridgehead atoms. The van der Waals surface area contributed by atoms with Gasteiger partial charge in [0.2, 0.25) is 0 Å². The van der Waals surface area contributed by atoms with Crippen LogP contribution in [-0.4, -0.2) is 54.0 Å². The van der Waals surface area contributed by atoms with Crippen molar-refractivity contribution in [2.45, 2.75) is 37.7 Å². The second-order valence-corrected chi connectivity index (χ2v) is 9.86. The lowest BCUT2D eigenvalue weighted by Gasteiger charge is -2.34. The molecule has 2 heterocycles. The van der Waals surface area contributed by atoms with Gasteiger partial charge in [-0.3, -0.25) is 4.79 Å². The Kier molecular flexibility index (Phi) is 7.85. The Morgan fingerprint density at radius 2 is 1.68 bits per heavy atom. The summed E-state index contributed by atoms with van der Waals surface area (Å²) in [4.78, 5) is 27.0. The van der Waals surface area contributed by atoms with Crippen LogP contribution in [0.3, 0.4) is 0 Å². The molecule has 4 rings (SSSR count). The summed E-state index contributed by atoms with van der Waals surface area (Å²) in [5.74, 6) is 1.75. The fraction of sp³-hybridized carbons (Fsp3) is 0.370. The first-order chi connectivity index (χ1) is 16.4. The van der Waals surface area contributed by atoms with Gasteiger partial charge in [0.1, 0.15) is 5.82 Å². The van der Waals surface area contributed by atoms with Gasteiger partial charge in [0, 0.05) is 48.8 Å². The average Bonchev–Trinajstić information content (AvgIpc) is 2.86. The van der Waals surface area contributed by atoms with Crippen molar-refractivity contribution < 1.29 is 4.79 Å². The van der Waals surface area contributed by atoms with E-state index in [1.54, 1.807) is 11.8 Å². The van der Waals surface area contributed by atoms with E-state index < -0.39 is 0 Å². The maximum absolute atomic E-state index is 12.7. The first kappa shape index (κ1) is 24.2. The number of nitrogens with one attached hydrogen (secondary N) is 1. The van der Waals surface area contributed by atoms with Gasteiger partial charge in [-0.1, -0.05) is 54.2 Å². The van der Waals surface area contributed by atoms with Gasteiger partial charge in [0.15, 0.2) is 5.16 Å². The molecule has 0 radical (unpaired) electrons. The van der Waals surface area contributed by atoms with Crippen LogP contribution < -0.4 is 10.2 Å². The van der Waals surface area contributed by atoms with Crippen molar-refractivity contribution in [3.63, 3.8) is 0 Å². The number of aryl methyl sites for hydroxylation is 1. The zero-order chi connectivity index (χ0) is 24.1. The van der Waals surface area contributed by atoms with Gasteiger partial charge < -0.3 is 15.1 Å². The van der Waals surface area contributed by atoms with Crippen LogP contribution in [0.1, 0.15) is 45.7 Å². The van der Waals surface area contributed by atoms with Crippen LogP contribution in [0.5, 0.6) is 0 Å². The number of thioether (sulfide) groups is 1. The Morgan fingerprint density at radius 3 is 2.35 bits per heavy atom. The summed E-state index contributed by atoms with van der Waals surface area (Å²) < 4.78 is 0. The van der Waals surface area contributed by atoms with Gasteiger partial charge >= 0.3 is 0 Å². The molecule has 1 aliphatic heterocycles. The van der Waals surface area contributed by atoms with Crippen LogP contribution >= 0.6 is 11.8 Å². The monoisotopic (exact) mass is 475 g/mol. The molecule has 34 heavy (non-hydrogen) atoms. The van der Waals surface area contributed by atoms with Gasteiger partial charge in [-0.05, 0) is 51.1 Å². The van der Waals surface area contributed by atoms with Gasteiger partial charge in [-0.25, -0.2) is 9.97 Å². The number of piperazine rings is 1. The predicted octanol–water partition coefficient (Wildman–Crippen LogP) is 4.63. The Balaban J connectivity index is 1.37. The van der Waals surface area contributed by atoms with E-state index in [4.69, 9.17) is 9.97 Å². The standard InChI is InChI=1S/C27H33N5OS/c1-19-20(2)29-27(30-25(19)32-16-14-31(4)15-17-32)34-18-22-10-12-24(13-11-22)26(33)28-21(3)23-8-6-5-7-9-23/h5-13,21H,14-18H2,1-4H3,(H,28,33). The zero-order valence-electron chi connectivity index (χ0n) is 20.4. The normalized spacial score (nSPS) is 15.2. The highest BCUT2D eigenvalue weighted by molar-refractivity contribution is 7.98. The number of hydrogen-bond acceptors (Lipinski definition) is 6. The highest BCUT2D eigenvalue weighted by Crippen LogP contribution is 2.27. The quantitative estimate of drug-likeness (QED) is 0.397. The van der Waals surface area contributed by atoms with Crippen molar-refractivity contribution >= 4 is 23.5 Å². The number of rotatable bonds is 7. The molecule has 3 aromatic rings. The van der Waals surface area contributed by atoms with E-state index >= 15 is 0 Å². The van der Waals surface area contributed by atoms with Gasteiger partial charge in [-0.2, -0.15) is 0 Å². The molecule has 178 valence electrons. The fourth-order valence-corrected chi connectivity index (χ4v) is 4.83. The van der Waals surface area contributed by atoms with Crippen molar-refractivity contribution in [1.82, 2.24) is 20.2 Å². The topological polar surface area (TPSA) is 61.4 Å². The molecular formula is C27H33N5OS. The number of aromatic nitrogens is 2. The molecule has 0 aliphatic carbocycles. The first-order valence-corrected chi connectivity index (χ1v) is 12.8. The summed E-state index contributed by atoms with van der Waals surface area (Å²) in [6.07, 6.45) is 0. The van der Waals surface area contributed by atoms with Crippen LogP contribution in [0.2, 0.25) is 0 Å². The van der Waals surface area contributed by atoms with E-state index in [1.165, 1.54) is 0 Å². The number of carbonyl (C=O) groups is 1. The second kappa shape index (κ2) is 11.0. The summed E-state index contributed by atoms with van der Waals surface area (Å²) >= 11 is 1.64. The van der Waals surface area contributed by atoms with Crippen LogP contribution in [0.4, 0.5) is 5.82 Å². The third kappa shape index (κ3) is 5.96. The number of carbonyl (C=O) groups excluding carboxylic acids is 1. The van der Waals surface area contributed by atoms with E-state index in [2.05, 4.69) is 36.0 Å². The molecule has 2 aromatic carbocycles. The molecule has 1 saturated heterocycles. The Hall–Kier alpha value is -2.90. The van der Waals surface area contributed by atoms with Crippen molar-refractivity contribution in [2.75, 3.05) is 38.1 Å². The number of hydrogen-bond donors (Lipinski definition) is 1. The van der Waals surface area contributed by atoms with E-state index in [0.29, 0.717) is 5.56 Å². The average molecular weight is 476 g/mol. The first-order valence-electron chi connectivity index (χ1n) is 11.8. The number of anilines is 1. The largest absolute Gasteiger partial charge is 0.354 e. The minimum atomic E-state index is -0.0649. The zero-order valence-corrected chi connectivity index (χ0v) is 21.2. The Labute approximate surface area is 206 Å². The molecule has 0 saturated carbocycles. The third-order valence-corrected chi connectivity index (χ3v) is 7.30. The lowest BCUT2D eigenvalue weighted by Crippen LogP contribution is -2.45. The number of amides is 1.